The quantitative estimate of drug-likeness (QED) is 0.797. The molecular weight excluding hydrogens is 369 g/mol. The van der Waals surface area contributed by atoms with Gasteiger partial charge in [0.2, 0.25) is 0 Å². The summed E-state index contributed by atoms with van der Waals surface area (Å²) in [5, 5.41) is 6.19. The van der Waals surface area contributed by atoms with Crippen molar-refractivity contribution < 1.29 is 13.9 Å². The monoisotopic (exact) mass is 395 g/mol. The minimum absolute atomic E-state index is 0.111. The van der Waals surface area contributed by atoms with Gasteiger partial charge in [0.1, 0.15) is 5.82 Å². The van der Waals surface area contributed by atoms with Crippen molar-refractivity contribution in [2.45, 2.75) is 26.3 Å². The summed E-state index contributed by atoms with van der Waals surface area (Å²) in [7, 11) is 0. The number of ether oxygens (including phenoxy) is 1. The van der Waals surface area contributed by atoms with E-state index in [-0.39, 0.29) is 18.3 Å². The lowest BCUT2D eigenvalue weighted by Crippen LogP contribution is -2.43. The second kappa shape index (κ2) is 8.43. The molecule has 152 valence electrons. The van der Waals surface area contributed by atoms with Gasteiger partial charge < -0.3 is 4.74 Å². The summed E-state index contributed by atoms with van der Waals surface area (Å²) < 4.78 is 20.0. The zero-order valence-electron chi connectivity index (χ0n) is 16.9. The first-order chi connectivity index (χ1) is 14.0. The lowest BCUT2D eigenvalue weighted by Gasteiger charge is -2.29. The fourth-order valence-electron chi connectivity index (χ4n) is 3.96. The SMILES string of the molecule is Cc1ccc(C)c(C2=NN(C(=O)CN3CCOCC3)C(c3ccccc3F)C2)c1. The van der Waals surface area contributed by atoms with Gasteiger partial charge in [-0.2, -0.15) is 5.10 Å². The molecule has 0 radical (unpaired) electrons. The van der Waals surface area contributed by atoms with Crippen molar-refractivity contribution in [2.24, 2.45) is 5.10 Å². The predicted octanol–water partition coefficient (Wildman–Crippen LogP) is 3.45. The topological polar surface area (TPSA) is 45.1 Å². The van der Waals surface area contributed by atoms with E-state index >= 15 is 0 Å². The van der Waals surface area contributed by atoms with E-state index in [2.05, 4.69) is 23.1 Å². The largest absolute Gasteiger partial charge is 0.379 e. The molecule has 2 aromatic carbocycles. The molecule has 0 saturated carbocycles. The van der Waals surface area contributed by atoms with E-state index in [4.69, 9.17) is 9.84 Å². The lowest BCUT2D eigenvalue weighted by molar-refractivity contribution is -0.135. The summed E-state index contributed by atoms with van der Waals surface area (Å²) in [5.41, 5.74) is 4.59. The average Bonchev–Trinajstić information content (AvgIpc) is 3.16. The Morgan fingerprint density at radius 1 is 1.17 bits per heavy atom. The van der Waals surface area contributed by atoms with Crippen LogP contribution < -0.4 is 0 Å². The molecule has 1 amide bonds. The molecule has 0 aromatic heterocycles. The zero-order valence-corrected chi connectivity index (χ0v) is 16.9. The molecule has 1 fully saturated rings. The highest BCUT2D eigenvalue weighted by molar-refractivity contribution is 6.04. The number of hydrogen-bond donors (Lipinski definition) is 0. The molecule has 0 N–H and O–H groups in total. The Morgan fingerprint density at radius 3 is 2.69 bits per heavy atom. The van der Waals surface area contributed by atoms with Gasteiger partial charge in [0.25, 0.3) is 5.91 Å². The average molecular weight is 395 g/mol. The van der Waals surface area contributed by atoms with Gasteiger partial charge in [0.05, 0.1) is 31.5 Å². The molecule has 0 spiro atoms. The highest BCUT2D eigenvalue weighted by Crippen LogP contribution is 2.35. The maximum atomic E-state index is 14.6. The molecule has 2 aromatic rings. The molecule has 2 aliphatic heterocycles. The Hall–Kier alpha value is -2.57. The van der Waals surface area contributed by atoms with Crippen LogP contribution in [-0.2, 0) is 9.53 Å². The van der Waals surface area contributed by atoms with Crippen LogP contribution in [0.25, 0.3) is 0 Å². The van der Waals surface area contributed by atoms with Crippen LogP contribution in [0.15, 0.2) is 47.6 Å². The van der Waals surface area contributed by atoms with E-state index in [9.17, 15) is 9.18 Å². The number of benzene rings is 2. The van der Waals surface area contributed by atoms with Crippen LogP contribution in [0.2, 0.25) is 0 Å². The van der Waals surface area contributed by atoms with E-state index in [1.54, 1.807) is 18.2 Å². The van der Waals surface area contributed by atoms with Crippen LogP contribution >= 0.6 is 0 Å². The Balaban J connectivity index is 1.66. The second-order valence-electron chi connectivity index (χ2n) is 7.73. The first-order valence-corrected chi connectivity index (χ1v) is 10.0. The molecule has 1 unspecified atom stereocenters. The Labute approximate surface area is 170 Å². The molecule has 1 atom stereocenters. The van der Waals surface area contributed by atoms with Gasteiger partial charge in [0, 0.05) is 30.6 Å². The number of rotatable bonds is 4. The molecule has 0 bridgehead atoms. The summed E-state index contributed by atoms with van der Waals surface area (Å²) in [4.78, 5) is 15.2. The van der Waals surface area contributed by atoms with Crippen molar-refractivity contribution >= 4 is 11.6 Å². The van der Waals surface area contributed by atoms with Crippen molar-refractivity contribution in [2.75, 3.05) is 32.8 Å². The molecule has 2 aliphatic rings. The number of carbonyl (C=O) groups is 1. The molecule has 29 heavy (non-hydrogen) atoms. The van der Waals surface area contributed by atoms with E-state index in [1.807, 2.05) is 13.8 Å². The third kappa shape index (κ3) is 4.23. The van der Waals surface area contributed by atoms with Crippen molar-refractivity contribution in [3.8, 4) is 0 Å². The molecular formula is C23H26FN3O2. The zero-order chi connectivity index (χ0) is 20.4. The second-order valence-corrected chi connectivity index (χ2v) is 7.73. The van der Waals surface area contributed by atoms with Crippen LogP contribution in [0.5, 0.6) is 0 Å². The van der Waals surface area contributed by atoms with E-state index in [1.165, 1.54) is 11.1 Å². The van der Waals surface area contributed by atoms with Gasteiger partial charge in [-0.25, -0.2) is 9.40 Å². The third-order valence-corrected chi connectivity index (χ3v) is 5.60. The smallest absolute Gasteiger partial charge is 0.257 e. The van der Waals surface area contributed by atoms with Crippen LogP contribution in [0, 0.1) is 19.7 Å². The number of hydrazone groups is 1. The highest BCUT2D eigenvalue weighted by Gasteiger charge is 2.35. The van der Waals surface area contributed by atoms with Crippen LogP contribution in [0.3, 0.4) is 0 Å². The van der Waals surface area contributed by atoms with E-state index in [0.717, 1.165) is 35.5 Å². The van der Waals surface area contributed by atoms with E-state index < -0.39 is 6.04 Å². The van der Waals surface area contributed by atoms with Gasteiger partial charge in [-0.05, 0) is 31.5 Å². The Morgan fingerprint density at radius 2 is 1.93 bits per heavy atom. The van der Waals surface area contributed by atoms with Crippen LogP contribution in [0.1, 0.15) is 34.7 Å². The minimum atomic E-state index is -0.431. The fraction of sp³-hybridized carbons (Fsp3) is 0.391. The minimum Gasteiger partial charge on any atom is -0.379 e. The summed E-state index contributed by atoms with van der Waals surface area (Å²) >= 11 is 0. The molecule has 1 saturated heterocycles. The van der Waals surface area contributed by atoms with Gasteiger partial charge in [-0.15, -0.1) is 0 Å². The molecule has 2 heterocycles. The summed E-state index contributed by atoms with van der Waals surface area (Å²) in [6.07, 6.45) is 0.500. The molecule has 6 heteroatoms. The lowest BCUT2D eigenvalue weighted by atomic mass is 9.95. The van der Waals surface area contributed by atoms with Crippen molar-refractivity contribution in [1.82, 2.24) is 9.91 Å². The first-order valence-electron chi connectivity index (χ1n) is 10.0. The fourth-order valence-corrected chi connectivity index (χ4v) is 3.96. The normalized spacial score (nSPS) is 20.0. The van der Waals surface area contributed by atoms with Gasteiger partial charge >= 0.3 is 0 Å². The number of carbonyl (C=O) groups excluding carboxylic acids is 1. The van der Waals surface area contributed by atoms with Crippen LogP contribution in [-0.4, -0.2) is 54.4 Å². The molecule has 0 aliphatic carbocycles. The highest BCUT2D eigenvalue weighted by atomic mass is 19.1. The number of aryl methyl sites for hydroxylation is 2. The molecule has 5 nitrogen and oxygen atoms in total. The maximum Gasteiger partial charge on any atom is 0.257 e. The standard InChI is InChI=1S/C23H26FN3O2/c1-16-7-8-17(2)19(13-16)21-14-22(18-5-3-4-6-20(18)24)27(25-21)23(28)15-26-9-11-29-12-10-26/h3-8,13,22H,9-12,14-15H2,1-2H3. The number of hydrogen-bond acceptors (Lipinski definition) is 4. The number of halogens is 1. The Bertz CT molecular complexity index is 937. The van der Waals surface area contributed by atoms with E-state index in [0.29, 0.717) is 25.2 Å². The van der Waals surface area contributed by atoms with Crippen molar-refractivity contribution in [1.29, 1.82) is 0 Å². The van der Waals surface area contributed by atoms with Crippen molar-refractivity contribution in [3.63, 3.8) is 0 Å². The summed E-state index contributed by atoms with van der Waals surface area (Å²) in [6, 6.07) is 12.4. The number of nitrogens with zero attached hydrogens (tertiary/aromatic N) is 3. The number of amides is 1. The first kappa shape index (κ1) is 19.7. The van der Waals surface area contributed by atoms with Crippen molar-refractivity contribution in [3.05, 3.63) is 70.5 Å². The predicted molar refractivity (Wildman–Crippen MR) is 110 cm³/mol. The maximum absolute atomic E-state index is 14.6. The third-order valence-electron chi connectivity index (χ3n) is 5.60. The van der Waals surface area contributed by atoms with Gasteiger partial charge in [-0.3, -0.25) is 9.69 Å². The number of morpholine rings is 1. The van der Waals surface area contributed by atoms with Gasteiger partial charge in [0.15, 0.2) is 0 Å². The summed E-state index contributed by atoms with van der Waals surface area (Å²) in [6.45, 7) is 7.02. The van der Waals surface area contributed by atoms with Gasteiger partial charge in [-0.1, -0.05) is 35.9 Å². The van der Waals surface area contributed by atoms with Crippen LogP contribution in [0.4, 0.5) is 4.39 Å². The summed E-state index contributed by atoms with van der Waals surface area (Å²) in [5.74, 6) is -0.417. The Kier molecular flexibility index (Phi) is 5.74. The molecule has 4 rings (SSSR count).